The predicted octanol–water partition coefficient (Wildman–Crippen LogP) is 3.58. The maximum absolute atomic E-state index is 5.81. The molecule has 1 atom stereocenters. The van der Waals surface area contributed by atoms with Crippen LogP contribution in [0.25, 0.3) is 10.9 Å². The van der Waals surface area contributed by atoms with Crippen LogP contribution in [0, 0.1) is 0 Å². The summed E-state index contributed by atoms with van der Waals surface area (Å²) < 4.78 is 5.81. The van der Waals surface area contributed by atoms with Gasteiger partial charge in [0.2, 0.25) is 0 Å². The highest BCUT2D eigenvalue weighted by Crippen LogP contribution is 2.36. The topological polar surface area (TPSA) is 25.0 Å². The van der Waals surface area contributed by atoms with Crippen LogP contribution in [-0.2, 0) is 11.2 Å². The van der Waals surface area contributed by atoms with E-state index in [9.17, 15) is 0 Å². The SMILES string of the molecule is CCOC1CCCc2c1[nH]c1ccccc21. The highest BCUT2D eigenvalue weighted by molar-refractivity contribution is 5.85. The van der Waals surface area contributed by atoms with Crippen LogP contribution in [-0.4, -0.2) is 11.6 Å². The van der Waals surface area contributed by atoms with E-state index in [1.165, 1.54) is 35.0 Å². The molecule has 1 aromatic carbocycles. The van der Waals surface area contributed by atoms with E-state index in [0.29, 0.717) is 0 Å². The van der Waals surface area contributed by atoms with E-state index < -0.39 is 0 Å². The van der Waals surface area contributed by atoms with E-state index in [1.807, 2.05) is 0 Å². The predicted molar refractivity (Wildman–Crippen MR) is 65.6 cm³/mol. The normalized spacial score (nSPS) is 19.9. The number of benzene rings is 1. The minimum Gasteiger partial charge on any atom is -0.372 e. The Labute approximate surface area is 95.6 Å². The van der Waals surface area contributed by atoms with Crippen LogP contribution in [0.3, 0.4) is 0 Å². The molecule has 84 valence electrons. The van der Waals surface area contributed by atoms with Crippen LogP contribution in [0.4, 0.5) is 0 Å². The number of H-pyrrole nitrogens is 1. The zero-order valence-corrected chi connectivity index (χ0v) is 9.62. The van der Waals surface area contributed by atoms with Crippen LogP contribution < -0.4 is 0 Å². The molecule has 16 heavy (non-hydrogen) atoms. The van der Waals surface area contributed by atoms with Crippen LogP contribution in [0.2, 0.25) is 0 Å². The molecule has 2 heteroatoms. The van der Waals surface area contributed by atoms with Crippen molar-refractivity contribution >= 4 is 10.9 Å². The zero-order chi connectivity index (χ0) is 11.0. The van der Waals surface area contributed by atoms with Crippen LogP contribution in [0.15, 0.2) is 24.3 Å². The first-order chi connectivity index (χ1) is 7.90. The van der Waals surface area contributed by atoms with E-state index in [-0.39, 0.29) is 6.10 Å². The molecule has 1 unspecified atom stereocenters. The molecular formula is C14H17NO. The molecule has 0 aliphatic heterocycles. The van der Waals surface area contributed by atoms with Gasteiger partial charge in [-0.25, -0.2) is 0 Å². The van der Waals surface area contributed by atoms with Crippen LogP contribution >= 0.6 is 0 Å². The van der Waals surface area contributed by atoms with Crippen molar-refractivity contribution < 1.29 is 4.74 Å². The average Bonchev–Trinajstić information content (AvgIpc) is 2.69. The number of hydrogen-bond acceptors (Lipinski definition) is 1. The average molecular weight is 215 g/mol. The lowest BCUT2D eigenvalue weighted by Gasteiger charge is -2.22. The Morgan fingerprint density at radius 2 is 2.25 bits per heavy atom. The van der Waals surface area contributed by atoms with E-state index in [0.717, 1.165) is 13.0 Å². The summed E-state index contributed by atoms with van der Waals surface area (Å²) in [6.07, 6.45) is 3.84. The van der Waals surface area contributed by atoms with Gasteiger partial charge < -0.3 is 9.72 Å². The molecule has 0 saturated heterocycles. The second kappa shape index (κ2) is 3.95. The van der Waals surface area contributed by atoms with Gasteiger partial charge in [-0.2, -0.15) is 0 Å². The minimum atomic E-state index is 0.279. The number of aromatic nitrogens is 1. The van der Waals surface area contributed by atoms with Gasteiger partial charge in [0, 0.05) is 23.2 Å². The summed E-state index contributed by atoms with van der Waals surface area (Å²) in [4.78, 5) is 3.53. The summed E-state index contributed by atoms with van der Waals surface area (Å²) in [6, 6.07) is 8.55. The monoisotopic (exact) mass is 215 g/mol. The van der Waals surface area contributed by atoms with Crippen molar-refractivity contribution in [3.05, 3.63) is 35.5 Å². The van der Waals surface area contributed by atoms with E-state index >= 15 is 0 Å². The van der Waals surface area contributed by atoms with Crippen molar-refractivity contribution in [3.8, 4) is 0 Å². The van der Waals surface area contributed by atoms with Gasteiger partial charge in [-0.15, -0.1) is 0 Å². The quantitative estimate of drug-likeness (QED) is 0.813. The maximum atomic E-state index is 5.81. The number of para-hydroxylation sites is 1. The van der Waals surface area contributed by atoms with Crippen molar-refractivity contribution in [1.82, 2.24) is 4.98 Å². The molecule has 0 bridgehead atoms. The number of hydrogen-bond donors (Lipinski definition) is 1. The number of nitrogens with one attached hydrogen (secondary N) is 1. The Balaban J connectivity index is 2.13. The fraction of sp³-hybridized carbons (Fsp3) is 0.429. The molecule has 2 nitrogen and oxygen atoms in total. The number of rotatable bonds is 2. The van der Waals surface area contributed by atoms with Gasteiger partial charge in [0.15, 0.2) is 0 Å². The Kier molecular flexibility index (Phi) is 2.44. The second-order valence-electron chi connectivity index (χ2n) is 4.40. The summed E-state index contributed by atoms with van der Waals surface area (Å²) in [7, 11) is 0. The van der Waals surface area contributed by atoms with Crippen LogP contribution in [0.1, 0.15) is 37.1 Å². The number of aromatic amines is 1. The first-order valence-corrected chi connectivity index (χ1v) is 6.11. The fourth-order valence-electron chi connectivity index (χ4n) is 2.74. The Hall–Kier alpha value is -1.28. The number of ether oxygens (including phenoxy) is 1. The molecule has 1 N–H and O–H groups in total. The van der Waals surface area contributed by atoms with Gasteiger partial charge in [0.1, 0.15) is 0 Å². The Morgan fingerprint density at radius 1 is 1.38 bits per heavy atom. The highest BCUT2D eigenvalue weighted by Gasteiger charge is 2.23. The van der Waals surface area contributed by atoms with E-state index in [1.54, 1.807) is 0 Å². The molecule has 1 aliphatic carbocycles. The third-order valence-corrected chi connectivity index (χ3v) is 3.43. The van der Waals surface area contributed by atoms with Gasteiger partial charge >= 0.3 is 0 Å². The largest absolute Gasteiger partial charge is 0.372 e. The molecule has 1 heterocycles. The van der Waals surface area contributed by atoms with Gasteiger partial charge in [0.05, 0.1) is 6.10 Å². The molecule has 0 radical (unpaired) electrons. The van der Waals surface area contributed by atoms with Crippen molar-refractivity contribution in [2.75, 3.05) is 6.61 Å². The van der Waals surface area contributed by atoms with Gasteiger partial charge in [0.25, 0.3) is 0 Å². The lowest BCUT2D eigenvalue weighted by atomic mass is 9.93. The first-order valence-electron chi connectivity index (χ1n) is 6.11. The smallest absolute Gasteiger partial charge is 0.0975 e. The minimum absolute atomic E-state index is 0.279. The molecule has 1 aromatic heterocycles. The third kappa shape index (κ3) is 1.45. The lowest BCUT2D eigenvalue weighted by molar-refractivity contribution is 0.0475. The van der Waals surface area contributed by atoms with Gasteiger partial charge in [-0.05, 0) is 37.8 Å². The van der Waals surface area contributed by atoms with E-state index in [2.05, 4.69) is 36.2 Å². The van der Waals surface area contributed by atoms with Gasteiger partial charge in [-0.1, -0.05) is 18.2 Å². The molecule has 0 spiro atoms. The second-order valence-corrected chi connectivity index (χ2v) is 4.40. The summed E-state index contributed by atoms with van der Waals surface area (Å²) in [5, 5.41) is 1.38. The number of aryl methyl sites for hydroxylation is 1. The van der Waals surface area contributed by atoms with Gasteiger partial charge in [-0.3, -0.25) is 0 Å². The molecule has 0 saturated carbocycles. The molecule has 0 amide bonds. The number of fused-ring (bicyclic) bond motifs is 3. The standard InChI is InChI=1S/C14H17NO/c1-2-16-13-9-5-7-11-10-6-3-4-8-12(10)15-14(11)13/h3-4,6,8,13,15H,2,5,7,9H2,1H3. The summed E-state index contributed by atoms with van der Waals surface area (Å²) >= 11 is 0. The fourth-order valence-corrected chi connectivity index (χ4v) is 2.74. The summed E-state index contributed by atoms with van der Waals surface area (Å²) in [5.74, 6) is 0. The molecular weight excluding hydrogens is 198 g/mol. The zero-order valence-electron chi connectivity index (χ0n) is 9.62. The first kappa shape index (κ1) is 9.91. The maximum Gasteiger partial charge on any atom is 0.0975 e. The molecule has 1 aliphatic rings. The summed E-state index contributed by atoms with van der Waals surface area (Å²) in [6.45, 7) is 2.86. The molecule has 0 fully saturated rings. The van der Waals surface area contributed by atoms with E-state index in [4.69, 9.17) is 4.74 Å². The highest BCUT2D eigenvalue weighted by atomic mass is 16.5. The lowest BCUT2D eigenvalue weighted by Crippen LogP contribution is -2.12. The third-order valence-electron chi connectivity index (χ3n) is 3.43. The molecule has 2 aromatic rings. The van der Waals surface area contributed by atoms with Crippen molar-refractivity contribution in [2.24, 2.45) is 0 Å². The molecule has 3 rings (SSSR count). The Bertz CT molecular complexity index is 500. The Morgan fingerprint density at radius 3 is 3.12 bits per heavy atom. The van der Waals surface area contributed by atoms with Crippen molar-refractivity contribution in [2.45, 2.75) is 32.3 Å². The van der Waals surface area contributed by atoms with Crippen molar-refractivity contribution in [1.29, 1.82) is 0 Å². The van der Waals surface area contributed by atoms with Crippen molar-refractivity contribution in [3.63, 3.8) is 0 Å². The van der Waals surface area contributed by atoms with Crippen LogP contribution in [0.5, 0.6) is 0 Å². The summed E-state index contributed by atoms with van der Waals surface area (Å²) in [5.41, 5.74) is 4.04.